The lowest BCUT2D eigenvalue weighted by atomic mass is 10.0. The molecular weight excluding hydrogens is 362 g/mol. The Morgan fingerprint density at radius 2 is 2.21 bits per heavy atom. The Morgan fingerprint density at radius 1 is 1.39 bits per heavy atom. The number of aromatic nitrogens is 3. The molecule has 9 nitrogen and oxygen atoms in total. The number of likely N-dealkylation sites (tertiary alicyclic amines) is 1. The fourth-order valence-electron chi connectivity index (χ4n) is 3.69. The van der Waals surface area contributed by atoms with Gasteiger partial charge < -0.3 is 18.9 Å². The van der Waals surface area contributed by atoms with E-state index in [9.17, 15) is 4.79 Å². The van der Waals surface area contributed by atoms with Gasteiger partial charge in [0, 0.05) is 36.9 Å². The van der Waals surface area contributed by atoms with Crippen molar-refractivity contribution in [2.45, 2.75) is 38.8 Å². The van der Waals surface area contributed by atoms with Crippen LogP contribution in [0.5, 0.6) is 0 Å². The molecule has 1 amide bonds. The Hall–Kier alpha value is -2.94. The molecule has 28 heavy (non-hydrogen) atoms. The number of furan rings is 1. The fraction of sp³-hybridized carbons (Fsp3) is 0.474. The van der Waals surface area contributed by atoms with Crippen LogP contribution in [0, 0.1) is 0 Å². The van der Waals surface area contributed by atoms with Crippen LogP contribution in [-0.2, 0) is 6.54 Å². The number of amides is 1. The smallest absolute Gasteiger partial charge is 0.407 e. The van der Waals surface area contributed by atoms with Crippen molar-refractivity contribution in [2.24, 2.45) is 0 Å². The molecule has 4 heterocycles. The highest BCUT2D eigenvalue weighted by Gasteiger charge is 2.27. The first kappa shape index (κ1) is 18.4. The number of carboxylic acid groups (broad SMARTS) is 1. The monoisotopic (exact) mass is 385 g/mol. The number of rotatable bonds is 6. The lowest BCUT2D eigenvalue weighted by molar-refractivity contribution is 0.0894. The van der Waals surface area contributed by atoms with Crippen LogP contribution < -0.4 is 0 Å². The minimum Gasteiger partial charge on any atom is -0.465 e. The van der Waals surface area contributed by atoms with Crippen LogP contribution in [0.4, 0.5) is 4.79 Å². The molecule has 0 saturated carbocycles. The highest BCUT2D eigenvalue weighted by Crippen LogP contribution is 2.26. The summed E-state index contributed by atoms with van der Waals surface area (Å²) in [6, 6.07) is 3.95. The average molecular weight is 385 g/mol. The molecule has 4 rings (SSSR count). The molecule has 0 aliphatic carbocycles. The van der Waals surface area contributed by atoms with Crippen LogP contribution in [0.15, 0.2) is 33.5 Å². The predicted molar refractivity (Wildman–Crippen MR) is 101 cm³/mol. The number of hydrogen-bond acceptors (Lipinski definition) is 7. The molecule has 3 aromatic rings. The van der Waals surface area contributed by atoms with E-state index in [2.05, 4.69) is 26.9 Å². The molecule has 0 atom stereocenters. The molecule has 9 heteroatoms. The molecule has 0 unspecified atom stereocenters. The van der Waals surface area contributed by atoms with Crippen LogP contribution >= 0.6 is 0 Å². The van der Waals surface area contributed by atoms with Gasteiger partial charge >= 0.3 is 6.09 Å². The lowest BCUT2D eigenvalue weighted by Crippen LogP contribution is -2.46. The van der Waals surface area contributed by atoms with Gasteiger partial charge in [0.1, 0.15) is 5.58 Å². The first-order valence-electron chi connectivity index (χ1n) is 9.52. The summed E-state index contributed by atoms with van der Waals surface area (Å²) in [4.78, 5) is 23.5. The third kappa shape index (κ3) is 3.84. The number of fused-ring (bicyclic) bond motifs is 1. The average Bonchev–Trinajstić information content (AvgIpc) is 3.34. The molecule has 1 fully saturated rings. The van der Waals surface area contributed by atoms with Gasteiger partial charge in [0.05, 0.1) is 6.54 Å². The highest BCUT2D eigenvalue weighted by molar-refractivity contribution is 5.80. The number of piperidine rings is 1. The Balaban J connectivity index is 1.45. The summed E-state index contributed by atoms with van der Waals surface area (Å²) in [5.74, 6) is 1.48. The van der Waals surface area contributed by atoms with Crippen molar-refractivity contribution in [1.82, 2.24) is 24.9 Å². The van der Waals surface area contributed by atoms with Gasteiger partial charge in [0.15, 0.2) is 11.6 Å². The predicted octanol–water partition coefficient (Wildman–Crippen LogP) is 3.23. The van der Waals surface area contributed by atoms with E-state index in [1.54, 1.807) is 18.5 Å². The Kier molecular flexibility index (Phi) is 5.25. The van der Waals surface area contributed by atoms with Crippen LogP contribution in [0.3, 0.4) is 0 Å². The van der Waals surface area contributed by atoms with Gasteiger partial charge in [-0.25, -0.2) is 4.79 Å². The maximum atomic E-state index is 11.1. The van der Waals surface area contributed by atoms with E-state index in [-0.39, 0.29) is 0 Å². The third-order valence-corrected chi connectivity index (χ3v) is 5.10. The number of nitrogens with zero attached hydrogens (tertiary/aromatic N) is 5. The van der Waals surface area contributed by atoms with Crippen molar-refractivity contribution in [3.8, 4) is 11.7 Å². The van der Waals surface area contributed by atoms with E-state index in [0.717, 1.165) is 36.8 Å². The lowest BCUT2D eigenvalue weighted by Gasteiger charge is -2.37. The van der Waals surface area contributed by atoms with Crippen molar-refractivity contribution in [3.05, 3.63) is 30.4 Å². The van der Waals surface area contributed by atoms with Crippen molar-refractivity contribution >= 4 is 17.1 Å². The maximum Gasteiger partial charge on any atom is 0.407 e. The maximum absolute atomic E-state index is 11.1. The second kappa shape index (κ2) is 7.97. The van der Waals surface area contributed by atoms with E-state index in [0.29, 0.717) is 43.2 Å². The van der Waals surface area contributed by atoms with Crippen molar-refractivity contribution < 1.29 is 18.8 Å². The molecule has 0 spiro atoms. The van der Waals surface area contributed by atoms with Gasteiger partial charge in [-0.05, 0) is 37.9 Å². The zero-order valence-electron chi connectivity index (χ0n) is 15.7. The van der Waals surface area contributed by atoms with Crippen LogP contribution in [0.1, 0.15) is 32.0 Å². The summed E-state index contributed by atoms with van der Waals surface area (Å²) in [5, 5.41) is 14.1. The summed E-state index contributed by atoms with van der Waals surface area (Å²) in [6.07, 6.45) is 5.19. The molecule has 0 bridgehead atoms. The van der Waals surface area contributed by atoms with E-state index in [4.69, 9.17) is 14.0 Å². The van der Waals surface area contributed by atoms with Crippen LogP contribution in [0.2, 0.25) is 0 Å². The quantitative estimate of drug-likeness (QED) is 0.689. The molecule has 1 aliphatic heterocycles. The van der Waals surface area contributed by atoms with E-state index >= 15 is 0 Å². The topological polar surface area (TPSA) is 109 Å². The zero-order chi connectivity index (χ0) is 19.5. The van der Waals surface area contributed by atoms with Gasteiger partial charge in [-0.2, -0.15) is 4.98 Å². The minimum absolute atomic E-state index is 0.315. The molecule has 0 radical (unpaired) electrons. The summed E-state index contributed by atoms with van der Waals surface area (Å²) in [7, 11) is 0. The summed E-state index contributed by atoms with van der Waals surface area (Å²) in [5.41, 5.74) is 0.725. The number of hydrogen-bond donors (Lipinski definition) is 1. The molecule has 3 aromatic heterocycles. The Morgan fingerprint density at radius 3 is 2.93 bits per heavy atom. The summed E-state index contributed by atoms with van der Waals surface area (Å²) in [6.45, 7) is 4.72. The van der Waals surface area contributed by atoms with Crippen LogP contribution in [-0.4, -0.2) is 61.8 Å². The Bertz CT molecular complexity index is 912. The normalized spacial score (nSPS) is 15.6. The first-order chi connectivity index (χ1) is 13.6. The van der Waals surface area contributed by atoms with Gasteiger partial charge in [0.2, 0.25) is 0 Å². The third-order valence-electron chi connectivity index (χ3n) is 5.10. The van der Waals surface area contributed by atoms with Gasteiger partial charge in [-0.15, -0.1) is 0 Å². The Labute approximate surface area is 161 Å². The standard InChI is InChI=1S/C19H23N5O4/c1-2-7-24(14-4-8-23(9-5-14)19(25)26)12-17-21-18(28-22-17)16-10-13-11-20-6-3-15(13)27-16/h3,6,10-11,14H,2,4-5,7-9,12H2,1H3,(H,25,26). The van der Waals surface area contributed by atoms with Crippen molar-refractivity contribution in [1.29, 1.82) is 0 Å². The SMILES string of the molecule is CCCN(Cc1noc(-c2cc3cnccc3o2)n1)C1CCN(C(=O)O)CC1. The highest BCUT2D eigenvalue weighted by atomic mass is 16.5. The fourth-order valence-corrected chi connectivity index (χ4v) is 3.69. The summed E-state index contributed by atoms with van der Waals surface area (Å²) >= 11 is 0. The summed E-state index contributed by atoms with van der Waals surface area (Å²) < 4.78 is 11.2. The van der Waals surface area contributed by atoms with Gasteiger partial charge in [-0.1, -0.05) is 12.1 Å². The molecule has 1 saturated heterocycles. The molecule has 0 aromatic carbocycles. The van der Waals surface area contributed by atoms with Crippen molar-refractivity contribution in [3.63, 3.8) is 0 Å². The van der Waals surface area contributed by atoms with Crippen molar-refractivity contribution in [2.75, 3.05) is 19.6 Å². The first-order valence-corrected chi connectivity index (χ1v) is 9.52. The van der Waals surface area contributed by atoms with E-state index in [1.165, 1.54) is 4.90 Å². The van der Waals surface area contributed by atoms with E-state index < -0.39 is 6.09 Å². The molecule has 1 N–H and O–H groups in total. The molecular formula is C19H23N5O4. The minimum atomic E-state index is -0.843. The number of pyridine rings is 1. The number of carbonyl (C=O) groups is 1. The van der Waals surface area contributed by atoms with Crippen LogP contribution in [0.25, 0.3) is 22.6 Å². The van der Waals surface area contributed by atoms with Gasteiger partial charge in [0.25, 0.3) is 5.89 Å². The zero-order valence-corrected chi connectivity index (χ0v) is 15.7. The molecule has 148 valence electrons. The second-order valence-electron chi connectivity index (χ2n) is 7.01. The van der Waals surface area contributed by atoms with Gasteiger partial charge in [-0.3, -0.25) is 9.88 Å². The second-order valence-corrected chi connectivity index (χ2v) is 7.01. The van der Waals surface area contributed by atoms with E-state index in [1.807, 2.05) is 6.07 Å². The molecule has 1 aliphatic rings. The largest absolute Gasteiger partial charge is 0.465 e.